The molecule has 0 heterocycles. The molecule has 2 aromatic carbocycles. The number of sulfonamides is 1. The lowest BCUT2D eigenvalue weighted by Crippen LogP contribution is -2.48. The SMILES string of the molecule is Cc1cc(C)c(S(=O)(=O)Nc2ccc(C34CC5CC(CC(C5)C3)C4)cc2)c(C)c1. The molecule has 0 aromatic heterocycles. The molecule has 0 amide bonds. The molecule has 2 aromatic rings. The van der Waals surface area contributed by atoms with Crippen LogP contribution in [0.15, 0.2) is 41.3 Å². The zero-order chi connectivity index (χ0) is 20.4. The monoisotopic (exact) mass is 409 g/mol. The summed E-state index contributed by atoms with van der Waals surface area (Å²) < 4.78 is 28.9. The van der Waals surface area contributed by atoms with Crippen molar-refractivity contribution < 1.29 is 8.42 Å². The van der Waals surface area contributed by atoms with E-state index in [1.165, 1.54) is 44.1 Å². The van der Waals surface area contributed by atoms with Crippen LogP contribution in [0.1, 0.15) is 60.8 Å². The number of benzene rings is 2. The molecule has 4 heteroatoms. The van der Waals surface area contributed by atoms with Crippen LogP contribution >= 0.6 is 0 Å². The van der Waals surface area contributed by atoms with Gasteiger partial charge in [0.1, 0.15) is 0 Å². The fourth-order valence-corrected chi connectivity index (χ4v) is 8.67. The predicted molar refractivity (Wildman–Crippen MR) is 118 cm³/mol. The van der Waals surface area contributed by atoms with Crippen molar-refractivity contribution in [1.29, 1.82) is 0 Å². The first-order valence-electron chi connectivity index (χ1n) is 11.0. The average molecular weight is 410 g/mol. The van der Waals surface area contributed by atoms with E-state index in [0.29, 0.717) is 16.0 Å². The molecule has 4 fully saturated rings. The smallest absolute Gasteiger partial charge is 0.262 e. The molecule has 0 aliphatic heterocycles. The van der Waals surface area contributed by atoms with E-state index in [2.05, 4.69) is 16.9 Å². The number of aryl methyl sites for hydroxylation is 3. The Bertz CT molecular complexity index is 994. The van der Waals surface area contributed by atoms with Crippen LogP contribution in [0, 0.1) is 38.5 Å². The highest BCUT2D eigenvalue weighted by atomic mass is 32.2. The van der Waals surface area contributed by atoms with Crippen LogP contribution < -0.4 is 4.72 Å². The molecule has 29 heavy (non-hydrogen) atoms. The van der Waals surface area contributed by atoms with Crippen LogP contribution in [0.3, 0.4) is 0 Å². The molecule has 4 aliphatic carbocycles. The Morgan fingerprint density at radius 3 is 1.79 bits per heavy atom. The van der Waals surface area contributed by atoms with E-state index in [1.54, 1.807) is 0 Å². The van der Waals surface area contributed by atoms with Gasteiger partial charge < -0.3 is 0 Å². The highest BCUT2D eigenvalue weighted by Gasteiger charge is 2.51. The summed E-state index contributed by atoms with van der Waals surface area (Å²) in [5.41, 5.74) is 5.08. The summed E-state index contributed by atoms with van der Waals surface area (Å²) in [5, 5.41) is 0. The fraction of sp³-hybridized carbons (Fsp3) is 0.520. The van der Waals surface area contributed by atoms with Crippen LogP contribution in [-0.4, -0.2) is 8.42 Å². The van der Waals surface area contributed by atoms with Crippen LogP contribution in [-0.2, 0) is 15.4 Å². The van der Waals surface area contributed by atoms with E-state index in [-0.39, 0.29) is 0 Å². The van der Waals surface area contributed by atoms with E-state index in [1.807, 2.05) is 45.0 Å². The summed E-state index contributed by atoms with van der Waals surface area (Å²) in [4.78, 5) is 0.397. The van der Waals surface area contributed by atoms with Gasteiger partial charge in [-0.15, -0.1) is 0 Å². The van der Waals surface area contributed by atoms with E-state index in [9.17, 15) is 8.42 Å². The molecule has 0 unspecified atom stereocenters. The first-order valence-corrected chi connectivity index (χ1v) is 12.4. The lowest BCUT2D eigenvalue weighted by molar-refractivity contribution is -0.00518. The fourth-order valence-electron chi connectivity index (χ4n) is 7.15. The normalized spacial score (nSPS) is 30.5. The Labute approximate surface area is 175 Å². The summed E-state index contributed by atoms with van der Waals surface area (Å²) in [7, 11) is -3.60. The second-order valence-corrected chi connectivity index (χ2v) is 11.7. The highest BCUT2D eigenvalue weighted by molar-refractivity contribution is 7.92. The molecule has 0 atom stereocenters. The maximum Gasteiger partial charge on any atom is 0.262 e. The number of nitrogens with one attached hydrogen (secondary N) is 1. The van der Waals surface area contributed by atoms with Gasteiger partial charge in [-0.25, -0.2) is 8.42 Å². The van der Waals surface area contributed by atoms with Gasteiger partial charge in [-0.05, 0) is 111 Å². The summed E-state index contributed by atoms with van der Waals surface area (Å²) in [6, 6.07) is 12.1. The zero-order valence-electron chi connectivity index (χ0n) is 17.7. The van der Waals surface area contributed by atoms with Crippen molar-refractivity contribution in [3.05, 3.63) is 58.7 Å². The minimum absolute atomic E-state index is 0.344. The number of anilines is 1. The lowest BCUT2D eigenvalue weighted by atomic mass is 9.48. The van der Waals surface area contributed by atoms with Crippen LogP contribution in [0.2, 0.25) is 0 Å². The van der Waals surface area contributed by atoms with E-state index < -0.39 is 10.0 Å². The van der Waals surface area contributed by atoms with Gasteiger partial charge in [0.15, 0.2) is 0 Å². The van der Waals surface area contributed by atoms with Gasteiger partial charge in [0.25, 0.3) is 10.0 Å². The standard InChI is InChI=1S/C25H31NO2S/c1-16-8-17(2)24(18(3)9-16)29(27,28)26-23-6-4-22(5-7-23)25-13-19-10-20(14-25)12-21(11-19)15-25/h4-9,19-21,26H,10-15H2,1-3H3. The van der Waals surface area contributed by atoms with Gasteiger partial charge in [-0.2, -0.15) is 0 Å². The third-order valence-corrected chi connectivity index (χ3v) is 9.35. The van der Waals surface area contributed by atoms with Gasteiger partial charge in [0.2, 0.25) is 0 Å². The van der Waals surface area contributed by atoms with Crippen molar-refractivity contribution in [3.8, 4) is 0 Å². The second-order valence-electron chi connectivity index (χ2n) is 10.1. The van der Waals surface area contributed by atoms with Crippen LogP contribution in [0.5, 0.6) is 0 Å². The molecule has 4 aliphatic rings. The quantitative estimate of drug-likeness (QED) is 0.685. The summed E-state index contributed by atoms with van der Waals surface area (Å²) in [5.74, 6) is 2.73. The largest absolute Gasteiger partial charge is 0.280 e. The maximum absolute atomic E-state index is 13.1. The van der Waals surface area contributed by atoms with Crippen molar-refractivity contribution in [2.45, 2.75) is 69.6 Å². The molecule has 6 rings (SSSR count). The molecule has 0 radical (unpaired) electrons. The Morgan fingerprint density at radius 1 is 0.828 bits per heavy atom. The topological polar surface area (TPSA) is 46.2 Å². The van der Waals surface area contributed by atoms with E-state index in [0.717, 1.165) is 34.4 Å². The van der Waals surface area contributed by atoms with Gasteiger partial charge >= 0.3 is 0 Å². The van der Waals surface area contributed by atoms with Crippen molar-refractivity contribution in [1.82, 2.24) is 0 Å². The van der Waals surface area contributed by atoms with Crippen molar-refractivity contribution in [3.63, 3.8) is 0 Å². The van der Waals surface area contributed by atoms with Gasteiger partial charge in [-0.3, -0.25) is 4.72 Å². The van der Waals surface area contributed by atoms with Crippen LogP contribution in [0.25, 0.3) is 0 Å². The third-order valence-electron chi connectivity index (χ3n) is 7.66. The van der Waals surface area contributed by atoms with Gasteiger partial charge in [-0.1, -0.05) is 29.8 Å². The maximum atomic E-state index is 13.1. The third kappa shape index (κ3) is 3.30. The lowest BCUT2D eigenvalue weighted by Gasteiger charge is -2.57. The first-order chi connectivity index (χ1) is 13.7. The second kappa shape index (κ2) is 6.60. The molecule has 4 bridgehead atoms. The first kappa shape index (κ1) is 19.2. The Balaban J connectivity index is 1.40. The predicted octanol–water partition coefficient (Wildman–Crippen LogP) is 5.88. The number of hydrogen-bond acceptors (Lipinski definition) is 2. The van der Waals surface area contributed by atoms with Crippen molar-refractivity contribution in [2.75, 3.05) is 4.72 Å². The zero-order valence-corrected chi connectivity index (χ0v) is 18.5. The average Bonchev–Trinajstić information content (AvgIpc) is 2.59. The molecule has 0 spiro atoms. The molecular weight excluding hydrogens is 378 g/mol. The van der Waals surface area contributed by atoms with Gasteiger partial charge in [0.05, 0.1) is 4.90 Å². The van der Waals surface area contributed by atoms with Crippen molar-refractivity contribution in [2.24, 2.45) is 17.8 Å². The minimum atomic E-state index is -3.60. The molecular formula is C25H31NO2S. The minimum Gasteiger partial charge on any atom is -0.280 e. The highest BCUT2D eigenvalue weighted by Crippen LogP contribution is 2.60. The Morgan fingerprint density at radius 2 is 1.31 bits per heavy atom. The summed E-state index contributed by atoms with van der Waals surface area (Å²) in [6.45, 7) is 5.72. The van der Waals surface area contributed by atoms with Gasteiger partial charge in [0, 0.05) is 5.69 Å². The molecule has 154 valence electrons. The van der Waals surface area contributed by atoms with Crippen LogP contribution in [0.4, 0.5) is 5.69 Å². The summed E-state index contributed by atoms with van der Waals surface area (Å²) in [6.07, 6.45) is 8.29. The Kier molecular flexibility index (Phi) is 4.36. The number of rotatable bonds is 4. The van der Waals surface area contributed by atoms with E-state index in [4.69, 9.17) is 0 Å². The van der Waals surface area contributed by atoms with Crippen molar-refractivity contribution >= 4 is 15.7 Å². The molecule has 0 saturated heterocycles. The van der Waals surface area contributed by atoms with E-state index >= 15 is 0 Å². The Hall–Kier alpha value is -1.81. The molecule has 3 nitrogen and oxygen atoms in total. The molecule has 4 saturated carbocycles. The number of hydrogen-bond donors (Lipinski definition) is 1. The summed E-state index contributed by atoms with van der Waals surface area (Å²) >= 11 is 0. The molecule has 1 N–H and O–H groups in total.